The van der Waals surface area contributed by atoms with E-state index < -0.39 is 12.0 Å². The molecule has 0 bridgehead atoms. The molecule has 2 aliphatic heterocycles. The third-order valence-electron chi connectivity index (χ3n) is 4.49. The van der Waals surface area contributed by atoms with Crippen LogP contribution in [0.25, 0.3) is 0 Å². The Hall–Kier alpha value is -1.86. The molecule has 0 unspecified atom stereocenters. The van der Waals surface area contributed by atoms with Crippen molar-refractivity contribution in [1.82, 2.24) is 9.88 Å². The van der Waals surface area contributed by atoms with Crippen molar-refractivity contribution >= 4 is 23.5 Å². The largest absolute Gasteiger partial charge is 0.473 e. The number of hydrogen-bond donors (Lipinski definition) is 0. The summed E-state index contributed by atoms with van der Waals surface area (Å²) in [5.41, 5.74) is 0.333. The predicted octanol–water partition coefficient (Wildman–Crippen LogP) is 2.07. The zero-order chi connectivity index (χ0) is 17.8. The Labute approximate surface area is 151 Å². The van der Waals surface area contributed by atoms with Crippen LogP contribution in [0.5, 0.6) is 5.88 Å². The minimum Gasteiger partial charge on any atom is -0.473 e. The van der Waals surface area contributed by atoms with E-state index in [0.717, 1.165) is 19.3 Å². The number of hydrogen-bond acceptors (Lipinski definition) is 6. The second-order valence-electron chi connectivity index (χ2n) is 6.12. The third kappa shape index (κ3) is 4.04. The molecule has 0 aromatic carbocycles. The molecule has 3 rings (SSSR count). The SMILES string of the molecule is COC(=O)[C@@H]1CCCN1C(=O)c1cnc(OC2CCOCC2)c(Cl)c1. The number of amides is 1. The Balaban J connectivity index is 1.71. The van der Waals surface area contributed by atoms with E-state index >= 15 is 0 Å². The number of rotatable bonds is 4. The van der Waals surface area contributed by atoms with E-state index in [1.54, 1.807) is 0 Å². The lowest BCUT2D eigenvalue weighted by atomic mass is 10.1. The second-order valence-corrected chi connectivity index (χ2v) is 6.53. The van der Waals surface area contributed by atoms with Gasteiger partial charge in [-0.2, -0.15) is 0 Å². The van der Waals surface area contributed by atoms with Crippen molar-refractivity contribution in [2.75, 3.05) is 26.9 Å². The minimum absolute atomic E-state index is 0.0163. The number of carbonyl (C=O) groups is 2. The van der Waals surface area contributed by atoms with Gasteiger partial charge in [-0.1, -0.05) is 11.6 Å². The van der Waals surface area contributed by atoms with E-state index in [2.05, 4.69) is 4.98 Å². The van der Waals surface area contributed by atoms with E-state index in [-0.39, 0.29) is 17.0 Å². The summed E-state index contributed by atoms with van der Waals surface area (Å²) in [5, 5.41) is 0.283. The molecule has 1 aromatic rings. The summed E-state index contributed by atoms with van der Waals surface area (Å²) in [5.74, 6) is -0.361. The van der Waals surface area contributed by atoms with Crippen LogP contribution in [0.15, 0.2) is 12.3 Å². The standard InChI is InChI=1S/C17H21ClN2O5/c1-23-17(22)14-3-2-6-20(14)16(21)11-9-13(18)15(19-10-11)25-12-4-7-24-8-5-12/h9-10,12,14H,2-8H2,1H3/t14-/m0/s1. The van der Waals surface area contributed by atoms with Crippen molar-refractivity contribution in [3.63, 3.8) is 0 Å². The summed E-state index contributed by atoms with van der Waals surface area (Å²) in [6.45, 7) is 1.82. The molecule has 0 spiro atoms. The van der Waals surface area contributed by atoms with Gasteiger partial charge >= 0.3 is 5.97 Å². The predicted molar refractivity (Wildman–Crippen MR) is 89.8 cm³/mol. The Morgan fingerprint density at radius 2 is 2.08 bits per heavy atom. The van der Waals surface area contributed by atoms with Crippen molar-refractivity contribution in [3.8, 4) is 5.88 Å². The molecule has 3 heterocycles. The molecule has 8 heteroatoms. The number of methoxy groups -OCH3 is 1. The van der Waals surface area contributed by atoms with Gasteiger partial charge in [-0.25, -0.2) is 9.78 Å². The summed E-state index contributed by atoms with van der Waals surface area (Å²) in [4.78, 5) is 30.2. The number of esters is 1. The molecule has 2 aliphatic rings. The summed E-state index contributed by atoms with van der Waals surface area (Å²) in [6.07, 6.45) is 4.39. The van der Waals surface area contributed by atoms with E-state index in [9.17, 15) is 9.59 Å². The third-order valence-corrected chi connectivity index (χ3v) is 4.76. The van der Waals surface area contributed by atoms with Gasteiger partial charge in [0.25, 0.3) is 5.91 Å². The number of ether oxygens (including phenoxy) is 3. The lowest BCUT2D eigenvalue weighted by Crippen LogP contribution is -2.41. The van der Waals surface area contributed by atoms with Gasteiger partial charge in [0, 0.05) is 25.6 Å². The molecule has 1 atom stereocenters. The van der Waals surface area contributed by atoms with Crippen LogP contribution in [0.4, 0.5) is 0 Å². The van der Waals surface area contributed by atoms with E-state index in [0.29, 0.717) is 37.6 Å². The number of halogens is 1. The van der Waals surface area contributed by atoms with E-state index in [1.807, 2.05) is 0 Å². The molecule has 25 heavy (non-hydrogen) atoms. The first-order valence-electron chi connectivity index (χ1n) is 8.39. The van der Waals surface area contributed by atoms with Crippen LogP contribution in [0.3, 0.4) is 0 Å². The Kier molecular flexibility index (Phi) is 5.75. The first-order valence-corrected chi connectivity index (χ1v) is 8.76. The molecule has 0 saturated carbocycles. The molecule has 1 amide bonds. The van der Waals surface area contributed by atoms with Crippen molar-refractivity contribution in [2.24, 2.45) is 0 Å². The van der Waals surface area contributed by atoms with Gasteiger partial charge in [-0.3, -0.25) is 4.79 Å². The van der Waals surface area contributed by atoms with Crippen LogP contribution in [-0.2, 0) is 14.3 Å². The van der Waals surface area contributed by atoms with Gasteiger partial charge in [0.15, 0.2) is 0 Å². The highest BCUT2D eigenvalue weighted by atomic mass is 35.5. The highest BCUT2D eigenvalue weighted by Crippen LogP contribution is 2.27. The lowest BCUT2D eigenvalue weighted by Gasteiger charge is -2.24. The normalized spacial score (nSPS) is 21.2. The molecule has 136 valence electrons. The molecule has 0 radical (unpaired) electrons. The number of nitrogens with zero attached hydrogens (tertiary/aromatic N) is 2. The fourth-order valence-corrected chi connectivity index (χ4v) is 3.35. The van der Waals surface area contributed by atoms with Crippen molar-refractivity contribution in [3.05, 3.63) is 22.8 Å². The zero-order valence-corrected chi connectivity index (χ0v) is 14.8. The fourth-order valence-electron chi connectivity index (χ4n) is 3.14. The molecule has 0 aliphatic carbocycles. The van der Waals surface area contributed by atoms with Gasteiger partial charge < -0.3 is 19.1 Å². The Bertz CT molecular complexity index is 648. The van der Waals surface area contributed by atoms with Crippen LogP contribution in [0, 0.1) is 0 Å². The topological polar surface area (TPSA) is 78.0 Å². The number of pyridine rings is 1. The van der Waals surface area contributed by atoms with Gasteiger partial charge in [0.05, 0.1) is 25.9 Å². The van der Waals surface area contributed by atoms with Crippen LogP contribution < -0.4 is 4.74 Å². The van der Waals surface area contributed by atoms with Gasteiger partial charge in [-0.05, 0) is 18.9 Å². The average Bonchev–Trinajstić information content (AvgIpc) is 3.12. The first-order chi connectivity index (χ1) is 12.1. The van der Waals surface area contributed by atoms with Gasteiger partial charge in [-0.15, -0.1) is 0 Å². The van der Waals surface area contributed by atoms with E-state index in [4.69, 9.17) is 25.8 Å². The fraction of sp³-hybridized carbons (Fsp3) is 0.588. The van der Waals surface area contributed by atoms with E-state index in [1.165, 1.54) is 24.3 Å². The maximum atomic E-state index is 12.7. The Morgan fingerprint density at radius 1 is 1.32 bits per heavy atom. The zero-order valence-electron chi connectivity index (χ0n) is 14.1. The van der Waals surface area contributed by atoms with Crippen LogP contribution in [0.1, 0.15) is 36.0 Å². The second kappa shape index (κ2) is 8.01. The molecule has 2 saturated heterocycles. The van der Waals surface area contributed by atoms with Crippen LogP contribution in [0.2, 0.25) is 5.02 Å². The van der Waals surface area contributed by atoms with Crippen LogP contribution in [-0.4, -0.2) is 60.8 Å². The highest BCUT2D eigenvalue weighted by Gasteiger charge is 2.35. The van der Waals surface area contributed by atoms with Gasteiger partial charge in [0.2, 0.25) is 5.88 Å². The monoisotopic (exact) mass is 368 g/mol. The smallest absolute Gasteiger partial charge is 0.328 e. The maximum Gasteiger partial charge on any atom is 0.328 e. The molecule has 2 fully saturated rings. The summed E-state index contributed by atoms with van der Waals surface area (Å²) in [7, 11) is 1.32. The summed E-state index contributed by atoms with van der Waals surface area (Å²) in [6, 6.07) is 0.993. The number of carbonyl (C=O) groups excluding carboxylic acids is 2. The number of aromatic nitrogens is 1. The molecule has 1 aromatic heterocycles. The quantitative estimate of drug-likeness (QED) is 0.757. The first kappa shape index (κ1) is 17.9. The number of likely N-dealkylation sites (tertiary alicyclic amines) is 1. The average molecular weight is 369 g/mol. The van der Waals surface area contributed by atoms with Crippen LogP contribution >= 0.6 is 11.6 Å². The van der Waals surface area contributed by atoms with Crippen molar-refractivity contribution in [1.29, 1.82) is 0 Å². The molecule has 0 N–H and O–H groups in total. The maximum absolute atomic E-state index is 12.7. The molecule has 7 nitrogen and oxygen atoms in total. The Morgan fingerprint density at radius 3 is 2.76 bits per heavy atom. The molecular weight excluding hydrogens is 348 g/mol. The summed E-state index contributed by atoms with van der Waals surface area (Å²) >= 11 is 6.24. The summed E-state index contributed by atoms with van der Waals surface area (Å²) < 4.78 is 15.9. The molecular formula is C17H21ClN2O5. The van der Waals surface area contributed by atoms with Crippen molar-refractivity contribution in [2.45, 2.75) is 37.8 Å². The van der Waals surface area contributed by atoms with Gasteiger partial charge in [0.1, 0.15) is 17.2 Å². The minimum atomic E-state index is -0.547. The lowest BCUT2D eigenvalue weighted by molar-refractivity contribution is -0.145. The van der Waals surface area contributed by atoms with Crippen molar-refractivity contribution < 1.29 is 23.8 Å². The highest BCUT2D eigenvalue weighted by molar-refractivity contribution is 6.32.